The number of aryl methyl sites for hydroxylation is 1. The number of nitrogens with one attached hydrogen (secondary N) is 2. The molecule has 172 valence electrons. The number of methoxy groups -OCH3 is 1. The molecule has 0 spiro atoms. The van der Waals surface area contributed by atoms with Crippen LogP contribution in [0, 0.1) is 18.3 Å². The lowest BCUT2D eigenvalue weighted by Gasteiger charge is -2.36. The van der Waals surface area contributed by atoms with Crippen LogP contribution in [-0.4, -0.2) is 62.0 Å². The van der Waals surface area contributed by atoms with Crippen molar-refractivity contribution in [3.8, 4) is 0 Å². The molecule has 1 aromatic carbocycles. The molecule has 7 nitrogen and oxygen atoms in total. The highest BCUT2D eigenvalue weighted by atomic mass is 16.5. The lowest BCUT2D eigenvalue weighted by molar-refractivity contribution is -0.134. The summed E-state index contributed by atoms with van der Waals surface area (Å²) in [7, 11) is 1.58. The Kier molecular flexibility index (Phi) is 9.04. The van der Waals surface area contributed by atoms with Gasteiger partial charge >= 0.3 is 0 Å². The molecule has 0 aliphatic carbocycles. The molecule has 1 fully saturated rings. The average molecular weight is 432 g/mol. The molecule has 1 aromatic rings. The van der Waals surface area contributed by atoms with Crippen LogP contribution in [0.5, 0.6) is 0 Å². The molecule has 2 rings (SSSR count). The molecule has 31 heavy (non-hydrogen) atoms. The summed E-state index contributed by atoms with van der Waals surface area (Å²) in [5, 5.41) is 5.80. The number of rotatable bonds is 8. The standard InChI is InChI=1S/C24H37N3O4/c1-17-7-6-8-19(15-17)22(29)26-21(23(30)25-11-14-31-5)18-9-12-27(13-10-18)20(28)16-24(2,3)4/h6-8,15,18,21H,9-14,16H2,1-5H3,(H,25,30)(H,26,29)/t21-/m1/s1. The summed E-state index contributed by atoms with van der Waals surface area (Å²) in [4.78, 5) is 40.2. The predicted molar refractivity (Wildman–Crippen MR) is 121 cm³/mol. The number of carbonyl (C=O) groups is 3. The number of carbonyl (C=O) groups excluding carboxylic acids is 3. The average Bonchev–Trinajstić information content (AvgIpc) is 2.71. The quantitative estimate of drug-likeness (QED) is 0.619. The first kappa shape index (κ1) is 24.9. The topological polar surface area (TPSA) is 87.7 Å². The number of ether oxygens (including phenoxy) is 1. The van der Waals surface area contributed by atoms with E-state index in [0.717, 1.165) is 5.56 Å². The molecule has 1 atom stereocenters. The van der Waals surface area contributed by atoms with Crippen LogP contribution < -0.4 is 10.6 Å². The highest BCUT2D eigenvalue weighted by molar-refractivity contribution is 5.97. The molecular formula is C24H37N3O4. The van der Waals surface area contributed by atoms with E-state index in [2.05, 4.69) is 31.4 Å². The Balaban J connectivity index is 2.06. The van der Waals surface area contributed by atoms with Gasteiger partial charge in [0.05, 0.1) is 6.61 Å². The number of hydrogen-bond donors (Lipinski definition) is 2. The predicted octanol–water partition coefficient (Wildman–Crippen LogP) is 2.53. The van der Waals surface area contributed by atoms with Gasteiger partial charge in [-0.3, -0.25) is 14.4 Å². The summed E-state index contributed by atoms with van der Waals surface area (Å²) >= 11 is 0. The third kappa shape index (κ3) is 7.98. The minimum absolute atomic E-state index is 0.0324. The van der Waals surface area contributed by atoms with Gasteiger partial charge in [0, 0.05) is 38.7 Å². The van der Waals surface area contributed by atoms with E-state index in [-0.39, 0.29) is 29.1 Å². The molecule has 1 aliphatic rings. The van der Waals surface area contributed by atoms with Gasteiger partial charge in [0.2, 0.25) is 11.8 Å². The first-order chi connectivity index (χ1) is 14.6. The monoisotopic (exact) mass is 431 g/mol. The van der Waals surface area contributed by atoms with Crippen LogP contribution in [0.3, 0.4) is 0 Å². The van der Waals surface area contributed by atoms with Gasteiger partial charge in [0.15, 0.2) is 0 Å². The molecule has 0 aromatic heterocycles. The fourth-order valence-electron chi connectivity index (χ4n) is 3.84. The van der Waals surface area contributed by atoms with Crippen molar-refractivity contribution >= 4 is 17.7 Å². The largest absolute Gasteiger partial charge is 0.383 e. The molecule has 1 saturated heterocycles. The lowest BCUT2D eigenvalue weighted by Crippen LogP contribution is -2.54. The van der Waals surface area contributed by atoms with Gasteiger partial charge in [-0.25, -0.2) is 0 Å². The summed E-state index contributed by atoms with van der Waals surface area (Å²) < 4.78 is 5.01. The summed E-state index contributed by atoms with van der Waals surface area (Å²) in [6.45, 7) is 10.1. The van der Waals surface area contributed by atoms with Gasteiger partial charge in [-0.2, -0.15) is 0 Å². The van der Waals surface area contributed by atoms with Crippen LogP contribution in [0.15, 0.2) is 24.3 Å². The second-order valence-electron chi connectivity index (χ2n) is 9.56. The fraction of sp³-hybridized carbons (Fsp3) is 0.625. The molecule has 7 heteroatoms. The summed E-state index contributed by atoms with van der Waals surface area (Å²) in [5.41, 5.74) is 1.46. The molecule has 1 heterocycles. The first-order valence-corrected chi connectivity index (χ1v) is 11.0. The van der Waals surface area contributed by atoms with E-state index in [1.165, 1.54) is 0 Å². The van der Waals surface area contributed by atoms with E-state index in [9.17, 15) is 14.4 Å². The summed E-state index contributed by atoms with van der Waals surface area (Å²) in [6.07, 6.45) is 1.85. The van der Waals surface area contributed by atoms with Crippen molar-refractivity contribution in [2.45, 2.75) is 53.0 Å². The maximum absolute atomic E-state index is 12.9. The minimum Gasteiger partial charge on any atom is -0.383 e. The fourth-order valence-corrected chi connectivity index (χ4v) is 3.84. The van der Waals surface area contributed by atoms with Crippen LogP contribution in [0.2, 0.25) is 0 Å². The Morgan fingerprint density at radius 3 is 2.45 bits per heavy atom. The number of amides is 3. The van der Waals surface area contributed by atoms with Gasteiger partial charge in [0.1, 0.15) is 6.04 Å². The number of benzene rings is 1. The highest BCUT2D eigenvalue weighted by Crippen LogP contribution is 2.25. The zero-order valence-corrected chi connectivity index (χ0v) is 19.5. The molecular weight excluding hydrogens is 394 g/mol. The molecule has 0 bridgehead atoms. The summed E-state index contributed by atoms with van der Waals surface area (Å²) in [5.74, 6) is -0.356. The van der Waals surface area contributed by atoms with Crippen molar-refractivity contribution in [1.29, 1.82) is 0 Å². The third-order valence-corrected chi connectivity index (χ3v) is 5.50. The van der Waals surface area contributed by atoms with E-state index in [0.29, 0.717) is 51.1 Å². The normalized spacial score (nSPS) is 16.0. The Hall–Kier alpha value is -2.41. The Bertz CT molecular complexity index is 764. The second kappa shape index (κ2) is 11.3. The Morgan fingerprint density at radius 1 is 1.19 bits per heavy atom. The molecule has 1 aliphatic heterocycles. The van der Waals surface area contributed by atoms with Crippen molar-refractivity contribution in [3.05, 3.63) is 35.4 Å². The van der Waals surface area contributed by atoms with Crippen LogP contribution >= 0.6 is 0 Å². The lowest BCUT2D eigenvalue weighted by atomic mass is 9.87. The Labute approximate surface area is 185 Å². The number of nitrogens with zero attached hydrogens (tertiary/aromatic N) is 1. The van der Waals surface area contributed by atoms with Crippen LogP contribution in [0.4, 0.5) is 0 Å². The Morgan fingerprint density at radius 2 is 1.87 bits per heavy atom. The molecule has 0 radical (unpaired) electrons. The zero-order chi connectivity index (χ0) is 23.0. The van der Waals surface area contributed by atoms with Gasteiger partial charge < -0.3 is 20.3 Å². The van der Waals surface area contributed by atoms with Crippen LogP contribution in [0.1, 0.15) is 56.0 Å². The second-order valence-corrected chi connectivity index (χ2v) is 9.56. The number of likely N-dealkylation sites (tertiary alicyclic amines) is 1. The van der Waals surface area contributed by atoms with E-state index in [1.54, 1.807) is 13.2 Å². The van der Waals surface area contributed by atoms with E-state index < -0.39 is 6.04 Å². The van der Waals surface area contributed by atoms with Crippen LogP contribution in [-0.2, 0) is 14.3 Å². The van der Waals surface area contributed by atoms with Crippen molar-refractivity contribution in [3.63, 3.8) is 0 Å². The SMILES string of the molecule is COCCNC(=O)[C@H](NC(=O)c1cccc(C)c1)C1CCN(C(=O)CC(C)(C)C)CC1. The number of hydrogen-bond acceptors (Lipinski definition) is 4. The minimum atomic E-state index is -0.648. The van der Waals surface area contributed by atoms with E-state index in [4.69, 9.17) is 4.74 Å². The van der Waals surface area contributed by atoms with Gasteiger partial charge in [-0.05, 0) is 43.2 Å². The van der Waals surface area contributed by atoms with E-state index in [1.807, 2.05) is 30.0 Å². The molecule has 3 amide bonds. The van der Waals surface area contributed by atoms with Crippen molar-refractivity contribution in [1.82, 2.24) is 15.5 Å². The molecule has 0 unspecified atom stereocenters. The third-order valence-electron chi connectivity index (χ3n) is 5.50. The van der Waals surface area contributed by atoms with E-state index >= 15 is 0 Å². The smallest absolute Gasteiger partial charge is 0.251 e. The zero-order valence-electron chi connectivity index (χ0n) is 19.5. The first-order valence-electron chi connectivity index (χ1n) is 11.0. The van der Waals surface area contributed by atoms with Crippen molar-refractivity contribution in [2.24, 2.45) is 11.3 Å². The summed E-state index contributed by atoms with van der Waals surface area (Å²) in [6, 6.07) is 6.66. The van der Waals surface area contributed by atoms with Crippen molar-refractivity contribution in [2.75, 3.05) is 33.4 Å². The molecule has 2 N–H and O–H groups in total. The molecule has 0 saturated carbocycles. The maximum atomic E-state index is 12.9. The van der Waals surface area contributed by atoms with Gasteiger partial charge in [0.25, 0.3) is 5.91 Å². The van der Waals surface area contributed by atoms with Gasteiger partial charge in [-0.15, -0.1) is 0 Å². The number of piperidine rings is 1. The highest BCUT2D eigenvalue weighted by Gasteiger charge is 2.34. The maximum Gasteiger partial charge on any atom is 0.251 e. The van der Waals surface area contributed by atoms with Crippen molar-refractivity contribution < 1.29 is 19.1 Å². The van der Waals surface area contributed by atoms with Crippen LogP contribution in [0.25, 0.3) is 0 Å². The van der Waals surface area contributed by atoms with Gasteiger partial charge in [-0.1, -0.05) is 38.5 Å².